The van der Waals surface area contributed by atoms with E-state index in [9.17, 15) is 0 Å². The molecule has 4 unspecified atom stereocenters. The first-order valence-electron chi connectivity index (χ1n) is 9.38. The number of hydrogen-bond acceptors (Lipinski definition) is 2. The van der Waals surface area contributed by atoms with Crippen LogP contribution in [0.25, 0.3) is 0 Å². The third-order valence-electron chi connectivity index (χ3n) is 7.21. The Bertz CT molecular complexity index is 400. The molecule has 4 atom stereocenters. The summed E-state index contributed by atoms with van der Waals surface area (Å²) >= 11 is 0. The Morgan fingerprint density at radius 2 is 1.95 bits per heavy atom. The van der Waals surface area contributed by atoms with Crippen molar-refractivity contribution in [1.29, 1.82) is 0 Å². The van der Waals surface area contributed by atoms with Gasteiger partial charge in [0.15, 0.2) is 0 Å². The van der Waals surface area contributed by atoms with Gasteiger partial charge in [0.1, 0.15) is 7.28 Å². The van der Waals surface area contributed by atoms with Crippen molar-refractivity contribution in [3.05, 3.63) is 0 Å². The predicted molar refractivity (Wildman–Crippen MR) is 89.4 cm³/mol. The number of nitrogens with zero attached hydrogens (tertiary/aromatic N) is 1. The number of piperidine rings is 1. The van der Waals surface area contributed by atoms with Crippen LogP contribution < -0.4 is 0 Å². The van der Waals surface area contributed by atoms with Crippen LogP contribution in [0.2, 0.25) is 11.1 Å². The van der Waals surface area contributed by atoms with E-state index in [2.05, 4.69) is 25.7 Å². The van der Waals surface area contributed by atoms with E-state index in [1.807, 2.05) is 0 Å². The van der Waals surface area contributed by atoms with E-state index in [4.69, 9.17) is 4.74 Å². The zero-order valence-electron chi connectivity index (χ0n) is 14.2. The average molecular weight is 289 g/mol. The van der Waals surface area contributed by atoms with Gasteiger partial charge in [-0.25, -0.2) is 0 Å². The lowest BCUT2D eigenvalue weighted by molar-refractivity contribution is -0.195. The van der Waals surface area contributed by atoms with Crippen molar-refractivity contribution in [2.24, 2.45) is 5.92 Å². The third-order valence-corrected chi connectivity index (χ3v) is 7.21. The molecule has 1 saturated carbocycles. The molecule has 0 aromatic heterocycles. The van der Waals surface area contributed by atoms with Crippen LogP contribution in [0.5, 0.6) is 0 Å². The highest BCUT2D eigenvalue weighted by Crippen LogP contribution is 2.57. The molecular formula is C18H32BNO. The Morgan fingerprint density at radius 3 is 2.57 bits per heavy atom. The molecule has 0 N–H and O–H groups in total. The van der Waals surface area contributed by atoms with Crippen molar-refractivity contribution in [2.45, 2.75) is 94.5 Å². The molecule has 0 radical (unpaired) electrons. The smallest absolute Gasteiger partial charge is 0.131 e. The molecule has 118 valence electrons. The molecule has 4 aliphatic heterocycles. The fourth-order valence-electron chi connectivity index (χ4n) is 6.44. The van der Waals surface area contributed by atoms with Crippen molar-refractivity contribution >= 4 is 7.28 Å². The second-order valence-corrected chi connectivity index (χ2v) is 9.30. The molecule has 1 spiro atoms. The molecule has 4 heterocycles. The normalized spacial score (nSPS) is 45.6. The van der Waals surface area contributed by atoms with Crippen molar-refractivity contribution in [2.75, 3.05) is 13.2 Å². The second-order valence-electron chi connectivity index (χ2n) is 9.30. The van der Waals surface area contributed by atoms with Gasteiger partial charge in [-0.05, 0) is 39.0 Å². The highest BCUT2D eigenvalue weighted by molar-refractivity contribution is 6.46. The van der Waals surface area contributed by atoms with E-state index in [0.717, 1.165) is 31.0 Å². The average Bonchev–Trinajstić information content (AvgIpc) is 2.45. The van der Waals surface area contributed by atoms with Crippen molar-refractivity contribution in [3.8, 4) is 0 Å². The Kier molecular flexibility index (Phi) is 3.46. The summed E-state index contributed by atoms with van der Waals surface area (Å²) < 4.78 is 5.66. The topological polar surface area (TPSA) is 12.5 Å². The Hall–Kier alpha value is -0.0151. The lowest BCUT2D eigenvalue weighted by Gasteiger charge is -2.60. The molecule has 2 bridgehead atoms. The van der Waals surface area contributed by atoms with Crippen LogP contribution >= 0.6 is 0 Å². The van der Waals surface area contributed by atoms with Gasteiger partial charge in [0.05, 0.1) is 18.8 Å². The first kappa shape index (κ1) is 14.6. The van der Waals surface area contributed by atoms with Crippen LogP contribution in [0.3, 0.4) is 0 Å². The minimum atomic E-state index is 0.413. The number of likely N-dealkylation sites (tertiary alicyclic amines) is 1. The first-order valence-corrected chi connectivity index (χ1v) is 9.38. The lowest BCUT2D eigenvalue weighted by atomic mass is 9.30. The maximum Gasteiger partial charge on any atom is 0.131 e. The molecule has 1 aliphatic carbocycles. The summed E-state index contributed by atoms with van der Waals surface area (Å²) in [6, 6.07) is 1.51. The zero-order valence-corrected chi connectivity index (χ0v) is 14.2. The summed E-state index contributed by atoms with van der Waals surface area (Å²) in [6.07, 6.45) is 10.2. The van der Waals surface area contributed by atoms with E-state index in [1.54, 1.807) is 0 Å². The van der Waals surface area contributed by atoms with Gasteiger partial charge in [0.25, 0.3) is 0 Å². The van der Waals surface area contributed by atoms with Crippen molar-refractivity contribution in [3.63, 3.8) is 0 Å². The molecule has 5 rings (SSSR count). The molecule has 5 fully saturated rings. The molecular weight excluding hydrogens is 257 g/mol. The third kappa shape index (κ3) is 2.30. The molecule has 4 saturated heterocycles. The van der Waals surface area contributed by atoms with Crippen LogP contribution in [-0.2, 0) is 4.74 Å². The highest BCUT2D eigenvalue weighted by atomic mass is 16.5. The second kappa shape index (κ2) is 4.99. The van der Waals surface area contributed by atoms with Crippen LogP contribution in [0.4, 0.5) is 0 Å². The van der Waals surface area contributed by atoms with Crippen LogP contribution in [0.1, 0.15) is 65.7 Å². The quantitative estimate of drug-likeness (QED) is 0.684. The highest BCUT2D eigenvalue weighted by Gasteiger charge is 2.54. The largest absolute Gasteiger partial charge is 0.377 e. The first-order chi connectivity index (χ1) is 10.0. The summed E-state index contributed by atoms with van der Waals surface area (Å²) in [6.45, 7) is 9.36. The predicted octanol–water partition coefficient (Wildman–Crippen LogP) is 3.63. The fourth-order valence-corrected chi connectivity index (χ4v) is 6.44. The maximum absolute atomic E-state index is 5.66. The van der Waals surface area contributed by atoms with Gasteiger partial charge in [-0.15, -0.1) is 0 Å². The minimum absolute atomic E-state index is 0.413. The van der Waals surface area contributed by atoms with Gasteiger partial charge in [0.2, 0.25) is 0 Å². The zero-order chi connectivity index (χ0) is 14.7. The molecule has 0 aromatic rings. The van der Waals surface area contributed by atoms with Gasteiger partial charge in [-0.3, -0.25) is 4.90 Å². The van der Waals surface area contributed by atoms with E-state index in [1.165, 1.54) is 52.2 Å². The molecule has 0 aromatic carbocycles. The molecule has 3 heteroatoms. The van der Waals surface area contributed by atoms with E-state index in [0.29, 0.717) is 16.9 Å². The van der Waals surface area contributed by atoms with E-state index in [-0.39, 0.29) is 0 Å². The van der Waals surface area contributed by atoms with Crippen LogP contribution in [0, 0.1) is 5.92 Å². The van der Waals surface area contributed by atoms with Gasteiger partial charge in [-0.1, -0.05) is 43.7 Å². The summed E-state index contributed by atoms with van der Waals surface area (Å²) in [5.41, 5.74) is 0.413. The Balaban J connectivity index is 1.58. The van der Waals surface area contributed by atoms with Gasteiger partial charge < -0.3 is 4.74 Å². The SMILES string of the molecule is CC(C)N1C2CCCC3(C)BC(CC2CCC12COC2)C3. The lowest BCUT2D eigenvalue weighted by Crippen LogP contribution is -2.70. The van der Waals surface area contributed by atoms with Crippen LogP contribution in [0.15, 0.2) is 0 Å². The summed E-state index contributed by atoms with van der Waals surface area (Å²) in [5, 5.41) is 0.706. The summed E-state index contributed by atoms with van der Waals surface area (Å²) in [7, 11) is 1.52. The summed E-state index contributed by atoms with van der Waals surface area (Å²) in [4.78, 5) is 2.91. The monoisotopic (exact) mass is 289 g/mol. The molecule has 5 aliphatic rings. The van der Waals surface area contributed by atoms with E-state index < -0.39 is 0 Å². The Morgan fingerprint density at radius 1 is 1.19 bits per heavy atom. The number of rotatable bonds is 1. The number of ether oxygens (including phenoxy) is 1. The van der Waals surface area contributed by atoms with Crippen LogP contribution in [-0.4, -0.2) is 43.0 Å². The van der Waals surface area contributed by atoms with Gasteiger partial charge >= 0.3 is 0 Å². The van der Waals surface area contributed by atoms with Crippen molar-refractivity contribution in [1.82, 2.24) is 4.90 Å². The van der Waals surface area contributed by atoms with Crippen molar-refractivity contribution < 1.29 is 4.74 Å². The fraction of sp³-hybridized carbons (Fsp3) is 1.00. The number of hydrogen-bond donors (Lipinski definition) is 0. The molecule has 2 nitrogen and oxygen atoms in total. The minimum Gasteiger partial charge on any atom is -0.377 e. The van der Waals surface area contributed by atoms with Gasteiger partial charge in [-0.2, -0.15) is 0 Å². The number of fused-ring (bicyclic) bond motifs is 2. The maximum atomic E-state index is 5.66. The summed E-state index contributed by atoms with van der Waals surface area (Å²) in [5.74, 6) is 2.01. The standard InChI is InChI=1S/C18H32BNO/c1-13(2)20-16-5-4-7-17(3)10-15(19-17)9-14(16)6-8-18(20)11-21-12-18/h13-16,19H,4-12H2,1-3H3. The van der Waals surface area contributed by atoms with Gasteiger partial charge in [0, 0.05) is 12.1 Å². The Labute approximate surface area is 131 Å². The van der Waals surface area contributed by atoms with E-state index >= 15 is 0 Å². The molecule has 21 heavy (non-hydrogen) atoms. The molecule has 0 amide bonds.